The van der Waals surface area contributed by atoms with Crippen LogP contribution in [0.25, 0.3) is 11.4 Å². The minimum Gasteiger partial charge on any atom is -0.497 e. The average Bonchev–Trinajstić information content (AvgIpc) is 3.52. The fourth-order valence-electron chi connectivity index (χ4n) is 4.07. The van der Waals surface area contributed by atoms with Gasteiger partial charge in [-0.3, -0.25) is 14.5 Å². The number of hydrogen-bond donors (Lipinski definition) is 1. The molecule has 1 aromatic heterocycles. The van der Waals surface area contributed by atoms with Gasteiger partial charge < -0.3 is 10.1 Å². The molecule has 1 N–H and O–H groups in total. The van der Waals surface area contributed by atoms with Gasteiger partial charge in [-0.2, -0.15) is 4.80 Å². The Bertz CT molecular complexity index is 1140. The van der Waals surface area contributed by atoms with Crippen molar-refractivity contribution in [3.05, 3.63) is 54.3 Å². The predicted octanol–water partition coefficient (Wildman–Crippen LogP) is 2.97. The van der Waals surface area contributed by atoms with Crippen molar-refractivity contribution in [2.75, 3.05) is 12.0 Å². The Morgan fingerprint density at radius 1 is 1.21 bits per heavy atom. The van der Waals surface area contributed by atoms with Crippen molar-refractivity contribution in [2.45, 2.75) is 51.2 Å². The molecule has 1 saturated carbocycles. The van der Waals surface area contributed by atoms with Crippen LogP contribution in [-0.4, -0.2) is 51.2 Å². The first-order valence-corrected chi connectivity index (χ1v) is 11.2. The molecule has 0 bridgehead atoms. The molecule has 9 nitrogen and oxygen atoms in total. The number of ether oxygens (including phenoxy) is 1. The molecule has 178 valence electrons. The van der Waals surface area contributed by atoms with Crippen molar-refractivity contribution in [3.63, 3.8) is 0 Å². The highest BCUT2D eigenvalue weighted by Gasteiger charge is 2.30. The van der Waals surface area contributed by atoms with E-state index in [0.29, 0.717) is 17.0 Å². The monoisotopic (exact) mass is 466 g/mol. The number of rotatable bonds is 8. The van der Waals surface area contributed by atoms with Crippen molar-refractivity contribution in [1.82, 2.24) is 25.5 Å². The number of nitrogens with zero attached hydrogens (tertiary/aromatic N) is 5. The summed E-state index contributed by atoms with van der Waals surface area (Å²) in [5, 5.41) is 15.2. The zero-order chi connectivity index (χ0) is 24.1. The van der Waals surface area contributed by atoms with Gasteiger partial charge in [0.25, 0.3) is 5.91 Å². The van der Waals surface area contributed by atoms with Crippen LogP contribution < -0.4 is 15.0 Å². The first-order valence-electron chi connectivity index (χ1n) is 11.2. The van der Waals surface area contributed by atoms with Gasteiger partial charge >= 0.3 is 0 Å². The van der Waals surface area contributed by atoms with Crippen LogP contribution in [-0.2, 0) is 16.1 Å². The van der Waals surface area contributed by atoms with E-state index in [1.54, 1.807) is 31.2 Å². The molecule has 4 rings (SSSR count). The van der Waals surface area contributed by atoms with Gasteiger partial charge in [-0.05, 0) is 61.4 Å². The van der Waals surface area contributed by atoms with Crippen LogP contribution in [0.1, 0.15) is 32.6 Å². The topological polar surface area (TPSA) is 102 Å². The van der Waals surface area contributed by atoms with Crippen LogP contribution in [0.5, 0.6) is 5.75 Å². The van der Waals surface area contributed by atoms with Crippen LogP contribution in [0.15, 0.2) is 48.5 Å². The summed E-state index contributed by atoms with van der Waals surface area (Å²) in [7, 11) is 1.54. The smallest absolute Gasteiger partial charge is 0.251 e. The Hall–Kier alpha value is -3.82. The largest absolute Gasteiger partial charge is 0.497 e. The van der Waals surface area contributed by atoms with Crippen molar-refractivity contribution in [2.24, 2.45) is 0 Å². The van der Waals surface area contributed by atoms with Gasteiger partial charge in [-0.1, -0.05) is 18.9 Å². The molecule has 2 aromatic carbocycles. The van der Waals surface area contributed by atoms with Crippen molar-refractivity contribution in [1.29, 1.82) is 0 Å². The van der Waals surface area contributed by atoms with E-state index in [1.807, 2.05) is 0 Å². The molecular formula is C24H27FN6O3. The van der Waals surface area contributed by atoms with E-state index in [1.165, 1.54) is 36.3 Å². The maximum absolute atomic E-state index is 13.4. The highest BCUT2D eigenvalue weighted by molar-refractivity contribution is 6.00. The maximum Gasteiger partial charge on any atom is 0.251 e. The number of benzene rings is 2. The number of hydrogen-bond acceptors (Lipinski definition) is 6. The first-order chi connectivity index (χ1) is 16.4. The van der Waals surface area contributed by atoms with E-state index >= 15 is 0 Å². The normalized spacial score (nSPS) is 14.6. The van der Waals surface area contributed by atoms with Gasteiger partial charge in [-0.15, -0.1) is 10.2 Å². The summed E-state index contributed by atoms with van der Waals surface area (Å²) in [5.74, 6) is -0.138. The van der Waals surface area contributed by atoms with Crippen LogP contribution in [0.3, 0.4) is 0 Å². The molecule has 0 radical (unpaired) electrons. The zero-order valence-electron chi connectivity index (χ0n) is 19.1. The molecule has 1 aliphatic rings. The number of amides is 2. The Balaban J connectivity index is 1.55. The second kappa shape index (κ2) is 10.4. The number of carbonyl (C=O) groups is 2. The Morgan fingerprint density at radius 2 is 1.94 bits per heavy atom. The molecule has 10 heteroatoms. The fraction of sp³-hybridized carbons (Fsp3) is 0.375. The molecule has 0 saturated heterocycles. The summed E-state index contributed by atoms with van der Waals surface area (Å²) in [5.41, 5.74) is 1.10. The number of carbonyl (C=O) groups excluding carboxylic acids is 2. The highest BCUT2D eigenvalue weighted by atomic mass is 19.1. The van der Waals surface area contributed by atoms with Gasteiger partial charge in [-0.25, -0.2) is 4.39 Å². The van der Waals surface area contributed by atoms with Gasteiger partial charge in [0.15, 0.2) is 0 Å². The summed E-state index contributed by atoms with van der Waals surface area (Å²) >= 11 is 0. The number of aromatic nitrogens is 4. The minimum atomic E-state index is -0.764. The summed E-state index contributed by atoms with van der Waals surface area (Å²) in [6.07, 6.45) is 4.07. The average molecular weight is 467 g/mol. The van der Waals surface area contributed by atoms with Crippen LogP contribution >= 0.6 is 0 Å². The minimum absolute atomic E-state index is 0.132. The van der Waals surface area contributed by atoms with E-state index in [0.717, 1.165) is 30.5 Å². The van der Waals surface area contributed by atoms with Gasteiger partial charge in [0.2, 0.25) is 11.7 Å². The number of tetrazole rings is 1. The van der Waals surface area contributed by atoms with Crippen LogP contribution in [0.2, 0.25) is 0 Å². The maximum atomic E-state index is 13.4. The number of nitrogens with one attached hydrogen (secondary N) is 1. The van der Waals surface area contributed by atoms with Gasteiger partial charge in [0.05, 0.1) is 7.11 Å². The quantitative estimate of drug-likeness (QED) is 0.548. The molecule has 0 unspecified atom stereocenters. The predicted molar refractivity (Wildman–Crippen MR) is 124 cm³/mol. The van der Waals surface area contributed by atoms with Crippen molar-refractivity contribution < 1.29 is 18.7 Å². The second-order valence-electron chi connectivity index (χ2n) is 8.28. The third-order valence-electron chi connectivity index (χ3n) is 5.90. The molecule has 0 spiro atoms. The molecule has 0 aliphatic heterocycles. The fourth-order valence-corrected chi connectivity index (χ4v) is 4.07. The van der Waals surface area contributed by atoms with Crippen LogP contribution in [0, 0.1) is 5.82 Å². The Kier molecular flexibility index (Phi) is 7.15. The lowest BCUT2D eigenvalue weighted by Crippen LogP contribution is -2.51. The number of halogens is 1. The number of anilines is 1. The second-order valence-corrected chi connectivity index (χ2v) is 8.28. The van der Waals surface area contributed by atoms with E-state index in [4.69, 9.17) is 4.74 Å². The summed E-state index contributed by atoms with van der Waals surface area (Å²) < 4.78 is 18.5. The standard InChI is InChI=1S/C24H27FN6O3/c1-16(24(33)26-19-6-3-4-7-19)31(20-8-5-9-21(14-20)34-2)22(32)15-30-28-23(27-29-30)17-10-12-18(25)13-11-17/h5,8-14,16,19H,3-4,6-7,15H2,1-2H3,(H,26,33)/t16-/m1/s1. The van der Waals surface area contributed by atoms with Crippen LogP contribution in [0.4, 0.5) is 10.1 Å². The SMILES string of the molecule is COc1cccc(N(C(=O)Cn2nnc(-c3ccc(F)cc3)n2)[C@H](C)C(=O)NC2CCCC2)c1. The molecule has 1 heterocycles. The van der Waals surface area contributed by atoms with E-state index in [9.17, 15) is 14.0 Å². The summed E-state index contributed by atoms with van der Waals surface area (Å²) in [6, 6.07) is 12.0. The number of methoxy groups -OCH3 is 1. The molecule has 1 fully saturated rings. The van der Waals surface area contributed by atoms with Crippen molar-refractivity contribution in [3.8, 4) is 17.1 Å². The first kappa shape index (κ1) is 23.3. The summed E-state index contributed by atoms with van der Waals surface area (Å²) in [4.78, 5) is 29.0. The highest BCUT2D eigenvalue weighted by Crippen LogP contribution is 2.24. The molecule has 3 aromatic rings. The van der Waals surface area contributed by atoms with Crippen molar-refractivity contribution >= 4 is 17.5 Å². The lowest BCUT2D eigenvalue weighted by atomic mass is 10.1. The Morgan fingerprint density at radius 3 is 2.65 bits per heavy atom. The van der Waals surface area contributed by atoms with Gasteiger partial charge in [0, 0.05) is 23.4 Å². The molecule has 1 atom stereocenters. The van der Waals surface area contributed by atoms with E-state index in [-0.39, 0.29) is 36.0 Å². The zero-order valence-corrected chi connectivity index (χ0v) is 19.1. The Labute approximate surface area is 196 Å². The third kappa shape index (κ3) is 5.38. The lowest BCUT2D eigenvalue weighted by molar-refractivity contribution is -0.127. The van der Waals surface area contributed by atoms with E-state index in [2.05, 4.69) is 20.7 Å². The molecule has 1 aliphatic carbocycles. The lowest BCUT2D eigenvalue weighted by Gasteiger charge is -2.29. The molecular weight excluding hydrogens is 439 g/mol. The molecule has 34 heavy (non-hydrogen) atoms. The van der Waals surface area contributed by atoms with Gasteiger partial charge in [0.1, 0.15) is 24.2 Å². The summed E-state index contributed by atoms with van der Waals surface area (Å²) in [6.45, 7) is 1.47. The van der Waals surface area contributed by atoms with E-state index < -0.39 is 6.04 Å². The molecule has 2 amide bonds. The third-order valence-corrected chi connectivity index (χ3v) is 5.90.